The third-order valence-electron chi connectivity index (χ3n) is 5.57. The van der Waals surface area contributed by atoms with Crippen LogP contribution in [0.5, 0.6) is 0 Å². The molecule has 0 radical (unpaired) electrons. The smallest absolute Gasteiger partial charge is 0.262 e. The molecule has 34 heavy (non-hydrogen) atoms. The first-order valence-corrected chi connectivity index (χ1v) is 11.9. The van der Waals surface area contributed by atoms with Crippen molar-refractivity contribution in [2.24, 2.45) is 0 Å². The summed E-state index contributed by atoms with van der Waals surface area (Å²) in [6, 6.07) is 21.8. The first kappa shape index (κ1) is 21.8. The molecule has 2 aromatic carbocycles. The summed E-state index contributed by atoms with van der Waals surface area (Å²) in [4.78, 5) is 30.4. The number of thiophene rings is 1. The topological polar surface area (TPSA) is 81.8 Å². The van der Waals surface area contributed by atoms with E-state index in [4.69, 9.17) is 5.10 Å². The zero-order chi connectivity index (χ0) is 23.5. The number of hydrogen-bond acceptors (Lipinski definition) is 5. The van der Waals surface area contributed by atoms with Crippen molar-refractivity contribution < 1.29 is 4.79 Å². The molecular formula is C26H23N5O2S. The molecule has 0 aliphatic heterocycles. The number of nitrogens with zero attached hydrogens (tertiary/aromatic N) is 4. The van der Waals surface area contributed by atoms with Crippen molar-refractivity contribution in [2.45, 2.75) is 26.4 Å². The van der Waals surface area contributed by atoms with Gasteiger partial charge in [0.1, 0.15) is 10.6 Å². The van der Waals surface area contributed by atoms with E-state index >= 15 is 0 Å². The van der Waals surface area contributed by atoms with Crippen molar-refractivity contribution in [3.05, 3.63) is 99.9 Å². The summed E-state index contributed by atoms with van der Waals surface area (Å²) in [6.45, 7) is 2.82. The maximum absolute atomic E-state index is 12.8. The number of carbonyl (C=O) groups is 1. The second kappa shape index (κ2) is 9.44. The van der Waals surface area contributed by atoms with Crippen LogP contribution in [0, 0.1) is 6.92 Å². The van der Waals surface area contributed by atoms with Gasteiger partial charge in [0, 0.05) is 24.6 Å². The van der Waals surface area contributed by atoms with E-state index in [9.17, 15) is 9.59 Å². The van der Waals surface area contributed by atoms with E-state index in [1.54, 1.807) is 10.7 Å². The van der Waals surface area contributed by atoms with Crippen LogP contribution in [-0.4, -0.2) is 25.2 Å². The second-order valence-electron chi connectivity index (χ2n) is 8.11. The number of carbonyl (C=O) groups excluding carboxylic acids is 1. The van der Waals surface area contributed by atoms with E-state index in [0.29, 0.717) is 22.6 Å². The highest BCUT2D eigenvalue weighted by molar-refractivity contribution is 7.16. The molecule has 0 saturated heterocycles. The Kier molecular flexibility index (Phi) is 6.05. The van der Waals surface area contributed by atoms with Crippen molar-refractivity contribution in [1.29, 1.82) is 0 Å². The minimum Gasteiger partial charge on any atom is -0.311 e. The van der Waals surface area contributed by atoms with E-state index in [-0.39, 0.29) is 24.4 Å². The summed E-state index contributed by atoms with van der Waals surface area (Å²) < 4.78 is 3.28. The van der Waals surface area contributed by atoms with Crippen LogP contribution in [0.4, 0.5) is 5.82 Å². The Balaban J connectivity index is 1.37. The lowest BCUT2D eigenvalue weighted by molar-refractivity contribution is -0.116. The molecule has 0 spiro atoms. The predicted molar refractivity (Wildman–Crippen MR) is 135 cm³/mol. The van der Waals surface area contributed by atoms with Crippen molar-refractivity contribution in [3.63, 3.8) is 0 Å². The number of amides is 1. The first-order valence-electron chi connectivity index (χ1n) is 11.0. The summed E-state index contributed by atoms with van der Waals surface area (Å²) in [5, 5.41) is 10.2. The molecule has 1 amide bonds. The monoisotopic (exact) mass is 469 g/mol. The molecule has 170 valence electrons. The number of hydrogen-bond donors (Lipinski definition) is 1. The fourth-order valence-electron chi connectivity index (χ4n) is 3.82. The zero-order valence-electron chi connectivity index (χ0n) is 18.6. The lowest BCUT2D eigenvalue weighted by Gasteiger charge is -2.10. The molecule has 0 unspecified atom stereocenters. The minimum absolute atomic E-state index is 0.130. The van der Waals surface area contributed by atoms with Crippen LogP contribution in [0.15, 0.2) is 83.2 Å². The molecule has 0 aliphatic rings. The summed E-state index contributed by atoms with van der Waals surface area (Å²) in [5.74, 6) is 0.423. The number of aromatic nitrogens is 4. The largest absolute Gasteiger partial charge is 0.311 e. The van der Waals surface area contributed by atoms with Gasteiger partial charge in [-0.1, -0.05) is 54.1 Å². The number of nitrogens with one attached hydrogen (secondary N) is 1. The Morgan fingerprint density at radius 3 is 2.74 bits per heavy atom. The molecule has 0 bridgehead atoms. The van der Waals surface area contributed by atoms with Gasteiger partial charge in [0.05, 0.1) is 24.0 Å². The predicted octanol–water partition coefficient (Wildman–Crippen LogP) is 4.71. The van der Waals surface area contributed by atoms with Gasteiger partial charge in [-0.05, 0) is 30.0 Å². The Morgan fingerprint density at radius 2 is 1.91 bits per heavy atom. The molecule has 7 nitrogen and oxygen atoms in total. The third-order valence-corrected chi connectivity index (χ3v) is 6.39. The molecule has 0 saturated carbocycles. The fourth-order valence-corrected chi connectivity index (χ4v) is 4.54. The van der Waals surface area contributed by atoms with Gasteiger partial charge < -0.3 is 5.32 Å². The van der Waals surface area contributed by atoms with Crippen molar-refractivity contribution in [2.75, 3.05) is 5.32 Å². The average Bonchev–Trinajstić information content (AvgIpc) is 3.47. The highest BCUT2D eigenvalue weighted by atomic mass is 32.1. The van der Waals surface area contributed by atoms with E-state index in [2.05, 4.69) is 16.4 Å². The van der Waals surface area contributed by atoms with Gasteiger partial charge in [0.25, 0.3) is 5.56 Å². The molecule has 1 N–H and O–H groups in total. The van der Waals surface area contributed by atoms with Crippen LogP contribution in [-0.2, 0) is 17.9 Å². The SMILES string of the molecule is Cc1cccc(-c2cc(NC(=O)CCn3cnc4sccc4c3=O)n(Cc3ccccc3)n2)c1. The van der Waals surface area contributed by atoms with Gasteiger partial charge in [-0.25, -0.2) is 9.67 Å². The maximum Gasteiger partial charge on any atom is 0.262 e. The van der Waals surface area contributed by atoms with Crippen LogP contribution >= 0.6 is 11.3 Å². The maximum atomic E-state index is 12.8. The highest BCUT2D eigenvalue weighted by Gasteiger charge is 2.14. The molecule has 3 aromatic heterocycles. The third kappa shape index (κ3) is 4.67. The van der Waals surface area contributed by atoms with Crippen LogP contribution in [0.3, 0.4) is 0 Å². The summed E-state index contributed by atoms with van der Waals surface area (Å²) in [7, 11) is 0. The number of aryl methyl sites for hydroxylation is 2. The van der Waals surface area contributed by atoms with E-state index in [0.717, 1.165) is 22.4 Å². The van der Waals surface area contributed by atoms with Gasteiger partial charge in [-0.15, -0.1) is 11.3 Å². The summed E-state index contributed by atoms with van der Waals surface area (Å²) in [5.41, 5.74) is 3.87. The highest BCUT2D eigenvalue weighted by Crippen LogP contribution is 2.24. The molecule has 5 aromatic rings. The van der Waals surface area contributed by atoms with Gasteiger partial charge in [-0.3, -0.25) is 14.2 Å². The second-order valence-corrected chi connectivity index (χ2v) is 9.00. The first-order chi connectivity index (χ1) is 16.6. The van der Waals surface area contributed by atoms with Crippen molar-refractivity contribution in [1.82, 2.24) is 19.3 Å². The lowest BCUT2D eigenvalue weighted by atomic mass is 10.1. The zero-order valence-corrected chi connectivity index (χ0v) is 19.5. The van der Waals surface area contributed by atoms with Crippen LogP contribution in [0.25, 0.3) is 21.5 Å². The van der Waals surface area contributed by atoms with Gasteiger partial charge in [0.15, 0.2) is 0 Å². The summed E-state index contributed by atoms with van der Waals surface area (Å²) >= 11 is 1.43. The van der Waals surface area contributed by atoms with Crippen molar-refractivity contribution in [3.8, 4) is 11.3 Å². The quantitative estimate of drug-likeness (QED) is 0.374. The normalized spacial score (nSPS) is 11.1. The molecular weight excluding hydrogens is 446 g/mol. The van der Waals surface area contributed by atoms with Gasteiger partial charge in [-0.2, -0.15) is 5.10 Å². The van der Waals surface area contributed by atoms with Crippen LogP contribution in [0.2, 0.25) is 0 Å². The number of rotatable bonds is 7. The van der Waals surface area contributed by atoms with Crippen LogP contribution < -0.4 is 10.9 Å². The molecule has 0 fully saturated rings. The van der Waals surface area contributed by atoms with E-state index < -0.39 is 0 Å². The lowest BCUT2D eigenvalue weighted by Crippen LogP contribution is -2.23. The van der Waals surface area contributed by atoms with E-state index in [1.807, 2.05) is 66.9 Å². The Bertz CT molecular complexity index is 1520. The summed E-state index contributed by atoms with van der Waals surface area (Å²) in [6.07, 6.45) is 1.65. The molecule has 8 heteroatoms. The standard InChI is InChI=1S/C26H23N5O2S/c1-18-6-5-9-20(14-18)22-15-23(31(29-22)16-19-7-3-2-4-8-19)28-24(32)10-12-30-17-27-25-21(26(30)33)11-13-34-25/h2-9,11,13-15,17H,10,12,16H2,1H3,(H,28,32). The van der Waals surface area contributed by atoms with Crippen LogP contribution in [0.1, 0.15) is 17.5 Å². The number of fused-ring (bicyclic) bond motifs is 1. The Morgan fingerprint density at radius 1 is 1.06 bits per heavy atom. The molecule has 3 heterocycles. The fraction of sp³-hybridized carbons (Fsp3) is 0.154. The average molecular weight is 470 g/mol. The number of anilines is 1. The molecule has 0 atom stereocenters. The molecule has 0 aliphatic carbocycles. The van der Waals surface area contributed by atoms with Crippen molar-refractivity contribution >= 4 is 33.3 Å². The molecule has 5 rings (SSSR count). The van der Waals surface area contributed by atoms with E-state index in [1.165, 1.54) is 22.2 Å². The van der Waals surface area contributed by atoms with Gasteiger partial charge in [0.2, 0.25) is 5.91 Å². The minimum atomic E-state index is -0.192. The van der Waals surface area contributed by atoms with Gasteiger partial charge >= 0.3 is 0 Å². The number of benzene rings is 2. The Hall–Kier alpha value is -4.04. The Labute approximate surface area is 200 Å².